The van der Waals surface area contributed by atoms with Crippen LogP contribution >= 0.6 is 0 Å². The van der Waals surface area contributed by atoms with Gasteiger partial charge in [-0.3, -0.25) is 4.79 Å². The van der Waals surface area contributed by atoms with Crippen molar-refractivity contribution < 1.29 is 9.90 Å². The molecule has 0 amide bonds. The molecule has 60 valence electrons. The molecule has 0 fully saturated rings. The minimum absolute atomic E-state index is 0.0329. The Morgan fingerprint density at radius 1 is 1.82 bits per heavy atom. The van der Waals surface area contributed by atoms with E-state index in [2.05, 4.69) is 20.6 Å². The van der Waals surface area contributed by atoms with Crippen LogP contribution in [0.15, 0.2) is 0 Å². The minimum Gasteiger partial charge on any atom is -0.481 e. The van der Waals surface area contributed by atoms with Gasteiger partial charge in [0.15, 0.2) is 5.82 Å². The second-order valence-corrected chi connectivity index (χ2v) is 1.90. The van der Waals surface area contributed by atoms with Crippen LogP contribution in [0.1, 0.15) is 11.7 Å². The van der Waals surface area contributed by atoms with E-state index < -0.39 is 11.9 Å². The number of carbonyl (C=O) groups is 1. The highest BCUT2D eigenvalue weighted by Crippen LogP contribution is 2.05. The van der Waals surface area contributed by atoms with Crippen molar-refractivity contribution in [3.05, 3.63) is 5.82 Å². The second-order valence-electron chi connectivity index (χ2n) is 1.90. The Kier molecular flexibility index (Phi) is 2.12. The number of tetrazole rings is 1. The maximum Gasteiger partial charge on any atom is 0.315 e. The topological polar surface area (TPSA) is 118 Å². The number of H-pyrrole nitrogens is 1. The van der Waals surface area contributed by atoms with Crippen LogP contribution in [-0.2, 0) is 4.79 Å². The van der Waals surface area contributed by atoms with E-state index in [1.807, 2.05) is 0 Å². The fraction of sp³-hybridized carbons (Fsp3) is 0.500. The molecule has 1 rings (SSSR count). The van der Waals surface area contributed by atoms with Crippen LogP contribution in [0, 0.1) is 0 Å². The van der Waals surface area contributed by atoms with Gasteiger partial charge in [0, 0.05) is 6.54 Å². The molecule has 1 heterocycles. The van der Waals surface area contributed by atoms with Crippen molar-refractivity contribution >= 4 is 5.97 Å². The van der Waals surface area contributed by atoms with Gasteiger partial charge < -0.3 is 10.8 Å². The predicted molar refractivity (Wildman–Crippen MR) is 33.6 cm³/mol. The summed E-state index contributed by atoms with van der Waals surface area (Å²) >= 11 is 0. The largest absolute Gasteiger partial charge is 0.481 e. The molecule has 0 radical (unpaired) electrons. The summed E-state index contributed by atoms with van der Waals surface area (Å²) in [5, 5.41) is 20.9. The maximum atomic E-state index is 10.4. The average molecular weight is 157 g/mol. The standard InChI is InChI=1S/C4H7N5O2/c5-1-2(4(10)11)3-6-8-9-7-3/h2H,1,5H2,(H,10,11)(H,6,7,8,9). The quantitative estimate of drug-likeness (QED) is 0.482. The van der Waals surface area contributed by atoms with Crippen LogP contribution in [0.4, 0.5) is 0 Å². The molecule has 4 N–H and O–H groups in total. The van der Waals surface area contributed by atoms with E-state index >= 15 is 0 Å². The molecule has 7 nitrogen and oxygen atoms in total. The Labute approximate surface area is 61.6 Å². The van der Waals surface area contributed by atoms with Crippen LogP contribution in [0.5, 0.6) is 0 Å². The van der Waals surface area contributed by atoms with E-state index in [1.165, 1.54) is 0 Å². The van der Waals surface area contributed by atoms with E-state index in [-0.39, 0.29) is 12.4 Å². The third-order valence-corrected chi connectivity index (χ3v) is 1.21. The van der Waals surface area contributed by atoms with E-state index in [9.17, 15) is 4.79 Å². The maximum absolute atomic E-state index is 10.4. The van der Waals surface area contributed by atoms with Gasteiger partial charge in [-0.05, 0) is 0 Å². The van der Waals surface area contributed by atoms with Crippen LogP contribution in [0.25, 0.3) is 0 Å². The molecule has 0 bridgehead atoms. The molecule has 0 saturated carbocycles. The molecule has 0 saturated heterocycles. The predicted octanol–water partition coefficient (Wildman–Crippen LogP) is -1.67. The number of nitrogens with two attached hydrogens (primary N) is 1. The van der Waals surface area contributed by atoms with Gasteiger partial charge in [-0.15, -0.1) is 10.2 Å². The summed E-state index contributed by atoms with van der Waals surface area (Å²) in [5.41, 5.74) is 5.16. The third-order valence-electron chi connectivity index (χ3n) is 1.21. The minimum atomic E-state index is -1.05. The number of hydrogen-bond donors (Lipinski definition) is 3. The van der Waals surface area contributed by atoms with E-state index in [4.69, 9.17) is 10.8 Å². The zero-order chi connectivity index (χ0) is 8.27. The van der Waals surface area contributed by atoms with Gasteiger partial charge in [0.05, 0.1) is 0 Å². The van der Waals surface area contributed by atoms with Gasteiger partial charge in [0.1, 0.15) is 5.92 Å². The number of nitrogens with one attached hydrogen (secondary N) is 1. The SMILES string of the molecule is NCC(C(=O)O)c1nn[nH]n1. The normalized spacial score (nSPS) is 12.8. The zero-order valence-electron chi connectivity index (χ0n) is 5.56. The Morgan fingerprint density at radius 3 is 2.91 bits per heavy atom. The first-order chi connectivity index (χ1) is 5.25. The van der Waals surface area contributed by atoms with Gasteiger partial charge >= 0.3 is 5.97 Å². The second kappa shape index (κ2) is 3.06. The Bertz CT molecular complexity index is 233. The number of aromatic amines is 1. The average Bonchev–Trinajstić information content (AvgIpc) is 2.40. The van der Waals surface area contributed by atoms with E-state index in [0.29, 0.717) is 0 Å². The number of aromatic nitrogens is 4. The first-order valence-corrected chi connectivity index (χ1v) is 2.92. The lowest BCUT2D eigenvalue weighted by Gasteiger charge is -2.01. The van der Waals surface area contributed by atoms with Crippen molar-refractivity contribution in [2.24, 2.45) is 5.73 Å². The van der Waals surface area contributed by atoms with Gasteiger partial charge in [0.25, 0.3) is 0 Å². The summed E-state index contributed by atoms with van der Waals surface area (Å²) in [6.45, 7) is -0.0329. The summed E-state index contributed by atoms with van der Waals surface area (Å²) in [6, 6.07) is 0. The number of rotatable bonds is 3. The molecule has 1 aromatic heterocycles. The highest BCUT2D eigenvalue weighted by Gasteiger charge is 2.21. The lowest BCUT2D eigenvalue weighted by Crippen LogP contribution is -2.22. The fourth-order valence-corrected chi connectivity index (χ4v) is 0.634. The van der Waals surface area contributed by atoms with Crippen molar-refractivity contribution in [3.8, 4) is 0 Å². The Morgan fingerprint density at radius 2 is 2.55 bits per heavy atom. The fourth-order valence-electron chi connectivity index (χ4n) is 0.634. The van der Waals surface area contributed by atoms with Crippen molar-refractivity contribution in [1.82, 2.24) is 20.6 Å². The summed E-state index contributed by atoms with van der Waals surface area (Å²) < 4.78 is 0. The molecule has 0 spiro atoms. The summed E-state index contributed by atoms with van der Waals surface area (Å²) in [5.74, 6) is -1.80. The van der Waals surface area contributed by atoms with Gasteiger partial charge in [-0.2, -0.15) is 5.21 Å². The Hall–Kier alpha value is -1.50. The molecule has 1 atom stereocenters. The van der Waals surface area contributed by atoms with Crippen molar-refractivity contribution in [2.45, 2.75) is 5.92 Å². The molecule has 1 aromatic rings. The number of nitrogens with zero attached hydrogens (tertiary/aromatic N) is 3. The number of carboxylic acid groups (broad SMARTS) is 1. The molecule has 11 heavy (non-hydrogen) atoms. The van der Waals surface area contributed by atoms with Gasteiger partial charge in [-0.25, -0.2) is 0 Å². The van der Waals surface area contributed by atoms with Crippen molar-refractivity contribution in [3.63, 3.8) is 0 Å². The van der Waals surface area contributed by atoms with Crippen LogP contribution < -0.4 is 5.73 Å². The molecule has 0 aromatic carbocycles. The Balaban J connectivity index is 2.79. The van der Waals surface area contributed by atoms with E-state index in [1.54, 1.807) is 0 Å². The molecule has 0 aliphatic heterocycles. The number of hydrogen-bond acceptors (Lipinski definition) is 5. The summed E-state index contributed by atoms with van der Waals surface area (Å²) in [7, 11) is 0. The molecule has 0 aliphatic carbocycles. The van der Waals surface area contributed by atoms with Gasteiger partial charge in [0.2, 0.25) is 0 Å². The highest BCUT2D eigenvalue weighted by atomic mass is 16.4. The summed E-state index contributed by atoms with van der Waals surface area (Å²) in [4.78, 5) is 10.4. The molecular formula is C4H7N5O2. The molecule has 7 heteroatoms. The summed E-state index contributed by atoms with van der Waals surface area (Å²) in [6.07, 6.45) is 0. The first-order valence-electron chi connectivity index (χ1n) is 2.92. The lowest BCUT2D eigenvalue weighted by molar-refractivity contribution is -0.138. The van der Waals surface area contributed by atoms with Crippen LogP contribution in [0.2, 0.25) is 0 Å². The lowest BCUT2D eigenvalue weighted by atomic mass is 10.1. The third kappa shape index (κ3) is 1.49. The van der Waals surface area contributed by atoms with E-state index in [0.717, 1.165) is 0 Å². The molecular weight excluding hydrogens is 150 g/mol. The molecule has 0 aliphatic rings. The van der Waals surface area contributed by atoms with Crippen LogP contribution in [-0.4, -0.2) is 38.2 Å². The number of carboxylic acids is 1. The monoisotopic (exact) mass is 157 g/mol. The van der Waals surface area contributed by atoms with Crippen molar-refractivity contribution in [2.75, 3.05) is 6.54 Å². The van der Waals surface area contributed by atoms with Crippen molar-refractivity contribution in [1.29, 1.82) is 0 Å². The molecule has 1 unspecified atom stereocenters. The van der Waals surface area contributed by atoms with Gasteiger partial charge in [-0.1, -0.05) is 5.21 Å². The number of aliphatic carboxylic acids is 1. The smallest absolute Gasteiger partial charge is 0.315 e. The highest BCUT2D eigenvalue weighted by molar-refractivity contribution is 5.74. The van der Waals surface area contributed by atoms with Crippen LogP contribution in [0.3, 0.4) is 0 Å². The zero-order valence-corrected chi connectivity index (χ0v) is 5.56. The first kappa shape index (κ1) is 7.61.